The quantitative estimate of drug-likeness (QED) is 0.882. The highest BCUT2D eigenvalue weighted by molar-refractivity contribution is 5.64. The number of hydrogen-bond donors (Lipinski definition) is 1. The van der Waals surface area contributed by atoms with Crippen LogP contribution in [0.4, 0.5) is 0 Å². The summed E-state index contributed by atoms with van der Waals surface area (Å²) < 4.78 is 0. The second-order valence-electron chi connectivity index (χ2n) is 5.36. The molecule has 1 heterocycles. The van der Waals surface area contributed by atoms with Gasteiger partial charge in [-0.3, -0.25) is 4.90 Å². The van der Waals surface area contributed by atoms with Crippen LogP contribution in [-0.4, -0.2) is 30.1 Å². The molecule has 2 atom stereocenters. The molecule has 1 aromatic carbocycles. The average Bonchev–Trinajstić information content (AvgIpc) is 2.40. The van der Waals surface area contributed by atoms with E-state index in [1.165, 1.54) is 30.4 Å². The molecular formula is C16H24N2. The van der Waals surface area contributed by atoms with Gasteiger partial charge in [0.25, 0.3) is 0 Å². The van der Waals surface area contributed by atoms with E-state index in [1.54, 1.807) is 0 Å². The molecule has 0 bridgehead atoms. The van der Waals surface area contributed by atoms with Crippen LogP contribution in [0, 0.1) is 0 Å². The summed E-state index contributed by atoms with van der Waals surface area (Å²) >= 11 is 0. The van der Waals surface area contributed by atoms with E-state index in [0.717, 1.165) is 13.1 Å². The Morgan fingerprint density at radius 1 is 1.39 bits per heavy atom. The monoisotopic (exact) mass is 244 g/mol. The number of hydrogen-bond acceptors (Lipinski definition) is 2. The Bertz CT molecular complexity index is 383. The highest BCUT2D eigenvalue weighted by Gasteiger charge is 2.25. The number of nitrogens with zero attached hydrogens (tertiary/aromatic N) is 1. The maximum atomic E-state index is 6.10. The number of rotatable bonds is 4. The molecule has 2 heteroatoms. The predicted molar refractivity (Wildman–Crippen MR) is 78.3 cm³/mol. The molecule has 0 aliphatic carbocycles. The second-order valence-corrected chi connectivity index (χ2v) is 5.36. The molecule has 98 valence electrons. The molecular weight excluding hydrogens is 220 g/mol. The fourth-order valence-electron chi connectivity index (χ4n) is 2.82. The third-order valence-corrected chi connectivity index (χ3v) is 3.85. The second kappa shape index (κ2) is 6.17. The third-order valence-electron chi connectivity index (χ3n) is 3.85. The van der Waals surface area contributed by atoms with Crippen molar-refractivity contribution in [2.75, 3.05) is 13.1 Å². The third kappa shape index (κ3) is 3.21. The van der Waals surface area contributed by atoms with E-state index < -0.39 is 0 Å². The largest absolute Gasteiger partial charge is 0.327 e. The summed E-state index contributed by atoms with van der Waals surface area (Å²) in [7, 11) is 0. The summed E-state index contributed by atoms with van der Waals surface area (Å²) in [4.78, 5) is 2.50. The summed E-state index contributed by atoms with van der Waals surface area (Å²) in [6, 6.07) is 11.2. The number of likely N-dealkylation sites (tertiary alicyclic amines) is 1. The molecule has 0 spiro atoms. The summed E-state index contributed by atoms with van der Waals surface area (Å²) in [6.45, 7) is 8.44. The highest BCUT2D eigenvalue weighted by atomic mass is 15.2. The molecule has 1 fully saturated rings. The standard InChI is InChI=1S/C16H24N2/c1-13(15-8-4-3-5-9-15)12-18-11-7-6-10-16(18)14(2)17/h3-5,8-9,14,16H,1,6-7,10-12,17H2,2H3. The molecule has 2 unspecified atom stereocenters. The van der Waals surface area contributed by atoms with Crippen molar-refractivity contribution >= 4 is 5.57 Å². The van der Waals surface area contributed by atoms with Crippen molar-refractivity contribution in [1.82, 2.24) is 4.90 Å². The maximum Gasteiger partial charge on any atom is 0.0248 e. The Balaban J connectivity index is 2.01. The number of benzene rings is 1. The van der Waals surface area contributed by atoms with Crippen molar-refractivity contribution in [3.05, 3.63) is 42.5 Å². The Morgan fingerprint density at radius 3 is 2.78 bits per heavy atom. The molecule has 1 aliphatic rings. The van der Waals surface area contributed by atoms with Crippen molar-refractivity contribution in [2.24, 2.45) is 5.73 Å². The van der Waals surface area contributed by atoms with Gasteiger partial charge in [-0.25, -0.2) is 0 Å². The van der Waals surface area contributed by atoms with Crippen LogP contribution >= 0.6 is 0 Å². The first kappa shape index (κ1) is 13.3. The average molecular weight is 244 g/mol. The summed E-state index contributed by atoms with van der Waals surface area (Å²) in [5, 5.41) is 0. The Morgan fingerprint density at radius 2 is 2.11 bits per heavy atom. The van der Waals surface area contributed by atoms with Gasteiger partial charge in [0.15, 0.2) is 0 Å². The van der Waals surface area contributed by atoms with Crippen LogP contribution < -0.4 is 5.73 Å². The lowest BCUT2D eigenvalue weighted by Crippen LogP contribution is -2.49. The first-order valence-corrected chi connectivity index (χ1v) is 6.91. The molecule has 0 aromatic heterocycles. The Hall–Kier alpha value is -1.12. The normalized spacial score (nSPS) is 22.7. The van der Waals surface area contributed by atoms with Crippen molar-refractivity contribution < 1.29 is 0 Å². The van der Waals surface area contributed by atoms with Crippen molar-refractivity contribution in [3.63, 3.8) is 0 Å². The lowest BCUT2D eigenvalue weighted by molar-refractivity contribution is 0.149. The molecule has 1 aromatic rings. The van der Waals surface area contributed by atoms with Crippen molar-refractivity contribution in [1.29, 1.82) is 0 Å². The van der Waals surface area contributed by atoms with E-state index in [9.17, 15) is 0 Å². The molecule has 0 radical (unpaired) electrons. The van der Waals surface area contributed by atoms with Gasteiger partial charge in [0.1, 0.15) is 0 Å². The molecule has 2 rings (SSSR count). The first-order valence-electron chi connectivity index (χ1n) is 6.91. The van der Waals surface area contributed by atoms with Crippen molar-refractivity contribution in [3.8, 4) is 0 Å². The molecule has 1 aliphatic heterocycles. The van der Waals surface area contributed by atoms with Crippen LogP contribution in [0.1, 0.15) is 31.7 Å². The van der Waals surface area contributed by atoms with Crippen LogP contribution in [0.25, 0.3) is 5.57 Å². The van der Waals surface area contributed by atoms with E-state index in [-0.39, 0.29) is 6.04 Å². The van der Waals surface area contributed by atoms with Gasteiger partial charge < -0.3 is 5.73 Å². The number of nitrogens with two attached hydrogens (primary N) is 1. The van der Waals surface area contributed by atoms with Gasteiger partial charge in [-0.05, 0) is 37.4 Å². The van der Waals surface area contributed by atoms with E-state index in [1.807, 2.05) is 6.07 Å². The van der Waals surface area contributed by atoms with Crippen LogP contribution in [0.3, 0.4) is 0 Å². The fraction of sp³-hybridized carbons (Fsp3) is 0.500. The minimum absolute atomic E-state index is 0.244. The van der Waals surface area contributed by atoms with Gasteiger partial charge in [-0.2, -0.15) is 0 Å². The zero-order chi connectivity index (χ0) is 13.0. The zero-order valence-corrected chi connectivity index (χ0v) is 11.3. The van der Waals surface area contributed by atoms with Crippen LogP contribution in [0.2, 0.25) is 0 Å². The summed E-state index contributed by atoms with van der Waals surface area (Å²) in [5.41, 5.74) is 8.54. The SMILES string of the molecule is C=C(CN1CCCCC1C(C)N)c1ccccc1. The molecule has 1 saturated heterocycles. The lowest BCUT2D eigenvalue weighted by atomic mass is 9.95. The smallest absolute Gasteiger partial charge is 0.0248 e. The Labute approximate surface area is 110 Å². The first-order chi connectivity index (χ1) is 8.68. The molecule has 0 saturated carbocycles. The van der Waals surface area contributed by atoms with Crippen LogP contribution in [0.15, 0.2) is 36.9 Å². The minimum atomic E-state index is 0.244. The van der Waals surface area contributed by atoms with Crippen LogP contribution in [0.5, 0.6) is 0 Å². The molecule has 2 nitrogen and oxygen atoms in total. The van der Waals surface area contributed by atoms with Gasteiger partial charge in [0.2, 0.25) is 0 Å². The van der Waals surface area contributed by atoms with Gasteiger partial charge in [0, 0.05) is 18.6 Å². The molecule has 2 N–H and O–H groups in total. The minimum Gasteiger partial charge on any atom is -0.327 e. The maximum absolute atomic E-state index is 6.10. The van der Waals surface area contributed by atoms with E-state index in [4.69, 9.17) is 5.73 Å². The zero-order valence-electron chi connectivity index (χ0n) is 11.3. The lowest BCUT2D eigenvalue weighted by Gasteiger charge is -2.38. The van der Waals surface area contributed by atoms with Gasteiger partial charge in [0.05, 0.1) is 0 Å². The fourth-order valence-corrected chi connectivity index (χ4v) is 2.82. The predicted octanol–water partition coefficient (Wildman–Crippen LogP) is 2.90. The Kier molecular flexibility index (Phi) is 4.56. The molecule has 0 amide bonds. The number of piperidine rings is 1. The molecule has 18 heavy (non-hydrogen) atoms. The van der Waals surface area contributed by atoms with Gasteiger partial charge in [-0.1, -0.05) is 43.3 Å². The van der Waals surface area contributed by atoms with Crippen molar-refractivity contribution in [2.45, 2.75) is 38.3 Å². The summed E-state index contributed by atoms with van der Waals surface area (Å²) in [6.07, 6.45) is 3.81. The topological polar surface area (TPSA) is 29.3 Å². The highest BCUT2D eigenvalue weighted by Crippen LogP contribution is 2.22. The van der Waals surface area contributed by atoms with E-state index in [0.29, 0.717) is 6.04 Å². The van der Waals surface area contributed by atoms with E-state index >= 15 is 0 Å². The van der Waals surface area contributed by atoms with Gasteiger partial charge >= 0.3 is 0 Å². The summed E-state index contributed by atoms with van der Waals surface area (Å²) in [5.74, 6) is 0. The van der Waals surface area contributed by atoms with E-state index in [2.05, 4.69) is 42.7 Å². The van der Waals surface area contributed by atoms with Gasteiger partial charge in [-0.15, -0.1) is 0 Å². The van der Waals surface area contributed by atoms with Crippen LogP contribution in [-0.2, 0) is 0 Å².